The highest BCUT2D eigenvalue weighted by Gasteiger charge is 2.24. The topological polar surface area (TPSA) is 74.8 Å². The Labute approximate surface area is 132 Å². The Hall–Kier alpha value is -2.31. The van der Waals surface area contributed by atoms with Crippen molar-refractivity contribution in [2.24, 2.45) is 0 Å². The van der Waals surface area contributed by atoms with Crippen LogP contribution in [0.5, 0.6) is 0 Å². The van der Waals surface area contributed by atoms with Crippen LogP contribution in [0, 0.1) is 6.92 Å². The molecular weight excluding hydrogens is 304 g/mol. The summed E-state index contributed by atoms with van der Waals surface area (Å²) in [4.78, 5) is 30.7. The van der Waals surface area contributed by atoms with Crippen molar-refractivity contribution in [3.05, 3.63) is 29.1 Å². The molecule has 0 radical (unpaired) electrons. The molecule has 2 aromatic heterocycles. The Balaban J connectivity index is 2.41. The third kappa shape index (κ3) is 3.55. The summed E-state index contributed by atoms with van der Waals surface area (Å²) in [5.74, 6) is -1.64. The van der Waals surface area contributed by atoms with Crippen LogP contribution in [0.25, 0.3) is 11.0 Å². The van der Waals surface area contributed by atoms with Gasteiger partial charge in [-0.2, -0.15) is 0 Å². The molecule has 124 valence electrons. The van der Waals surface area contributed by atoms with E-state index in [1.54, 1.807) is 6.92 Å². The molecule has 0 aliphatic carbocycles. The number of amides is 1. The minimum atomic E-state index is -2.95. The first-order valence-corrected chi connectivity index (χ1v) is 7.37. The van der Waals surface area contributed by atoms with E-state index in [2.05, 4.69) is 15.3 Å². The molecule has 0 spiro atoms. The molecule has 0 fully saturated rings. The highest BCUT2D eigenvalue weighted by atomic mass is 19.3. The number of H-pyrrole nitrogens is 1. The van der Waals surface area contributed by atoms with Crippen LogP contribution in [0.15, 0.2) is 12.1 Å². The Bertz CT molecular complexity index is 740. The first kappa shape index (κ1) is 17.1. The molecule has 1 amide bonds. The van der Waals surface area contributed by atoms with Crippen LogP contribution in [0.4, 0.5) is 8.78 Å². The lowest BCUT2D eigenvalue weighted by Gasteiger charge is -2.12. The Morgan fingerprint density at radius 3 is 2.65 bits per heavy atom. The van der Waals surface area contributed by atoms with E-state index in [9.17, 15) is 18.4 Å². The predicted octanol–water partition coefficient (Wildman–Crippen LogP) is 2.95. The van der Waals surface area contributed by atoms with E-state index in [1.165, 1.54) is 7.05 Å². The van der Waals surface area contributed by atoms with Gasteiger partial charge in [0.15, 0.2) is 5.78 Å². The van der Waals surface area contributed by atoms with Crippen LogP contribution in [0.2, 0.25) is 0 Å². The lowest BCUT2D eigenvalue weighted by molar-refractivity contribution is -0.129. The summed E-state index contributed by atoms with van der Waals surface area (Å²) < 4.78 is 24.7. The van der Waals surface area contributed by atoms with Crippen molar-refractivity contribution >= 4 is 22.7 Å². The number of aromatic amines is 1. The number of ketones is 1. The number of nitrogens with zero attached hydrogens (tertiary/aromatic N) is 1. The fourth-order valence-electron chi connectivity index (χ4n) is 2.58. The highest BCUT2D eigenvalue weighted by molar-refractivity contribution is 6.00. The molecule has 0 aliphatic heterocycles. The van der Waals surface area contributed by atoms with Crippen molar-refractivity contribution < 1.29 is 18.4 Å². The van der Waals surface area contributed by atoms with E-state index in [4.69, 9.17) is 0 Å². The van der Waals surface area contributed by atoms with Gasteiger partial charge in [-0.05, 0) is 31.4 Å². The van der Waals surface area contributed by atoms with E-state index >= 15 is 0 Å². The van der Waals surface area contributed by atoms with Crippen LogP contribution in [-0.4, -0.2) is 35.1 Å². The van der Waals surface area contributed by atoms with Gasteiger partial charge in [0, 0.05) is 24.7 Å². The molecule has 0 saturated heterocycles. The van der Waals surface area contributed by atoms with Crippen LogP contribution >= 0.6 is 0 Å². The number of rotatable bonds is 6. The van der Waals surface area contributed by atoms with Gasteiger partial charge >= 0.3 is 0 Å². The van der Waals surface area contributed by atoms with Gasteiger partial charge in [0.25, 0.3) is 12.3 Å². The molecular formula is C16H19F2N3O2. The molecule has 0 aliphatic rings. The predicted molar refractivity (Wildman–Crippen MR) is 82.9 cm³/mol. The number of carbonyl (C=O) groups excluding carboxylic acids is 2. The Morgan fingerprint density at radius 2 is 2.04 bits per heavy atom. The van der Waals surface area contributed by atoms with Crippen molar-refractivity contribution in [2.45, 2.75) is 39.0 Å². The minimum Gasteiger partial charge on any atom is -0.354 e. The lowest BCUT2D eigenvalue weighted by Crippen LogP contribution is -2.20. The van der Waals surface area contributed by atoms with Crippen LogP contribution in [0.3, 0.4) is 0 Å². The van der Waals surface area contributed by atoms with Gasteiger partial charge in [0.2, 0.25) is 0 Å². The smallest absolute Gasteiger partial charge is 0.295 e. The van der Waals surface area contributed by atoms with Crippen LogP contribution in [0.1, 0.15) is 47.4 Å². The number of alkyl halides is 2. The number of fused-ring (bicyclic) bond motifs is 1. The summed E-state index contributed by atoms with van der Waals surface area (Å²) in [7, 11) is 1.52. The number of carbonyl (C=O) groups is 2. The number of Topliss-reactive ketones (excluding diaryl/α,β-unsaturated/α-hetero) is 1. The lowest BCUT2D eigenvalue weighted by atomic mass is 9.93. The number of hydrogen-bond acceptors (Lipinski definition) is 3. The van der Waals surface area contributed by atoms with E-state index in [-0.39, 0.29) is 24.7 Å². The molecule has 23 heavy (non-hydrogen) atoms. The minimum absolute atomic E-state index is 0.232. The number of halogens is 2. The average Bonchev–Trinajstić information content (AvgIpc) is 2.89. The van der Waals surface area contributed by atoms with E-state index in [0.29, 0.717) is 22.3 Å². The standard InChI is InChI=1S/C16H19F2N3O2/c1-8(4-7-11(22)15(17)18)12-13-10(6-5-9(2)20-13)21-14(12)16(23)19-3/h5-6,8,15,21H,4,7H2,1-3H3,(H,19,23)/t8-/m1/s1. The molecule has 7 heteroatoms. The van der Waals surface area contributed by atoms with Crippen molar-refractivity contribution in [1.82, 2.24) is 15.3 Å². The third-order valence-corrected chi connectivity index (χ3v) is 3.83. The normalized spacial score (nSPS) is 12.6. The second-order valence-electron chi connectivity index (χ2n) is 5.55. The molecule has 2 rings (SSSR count). The summed E-state index contributed by atoms with van der Waals surface area (Å²) in [5, 5.41) is 2.55. The summed E-state index contributed by atoms with van der Waals surface area (Å²) in [6.07, 6.45) is -2.95. The summed E-state index contributed by atoms with van der Waals surface area (Å²) in [5.41, 5.74) is 3.15. The maximum Gasteiger partial charge on any atom is 0.295 e. The second kappa shape index (κ2) is 6.85. The number of nitrogens with one attached hydrogen (secondary N) is 2. The fourth-order valence-corrected chi connectivity index (χ4v) is 2.58. The average molecular weight is 323 g/mol. The molecule has 2 aromatic rings. The molecule has 0 saturated carbocycles. The Morgan fingerprint density at radius 1 is 1.35 bits per heavy atom. The summed E-state index contributed by atoms with van der Waals surface area (Å²) >= 11 is 0. The van der Waals surface area contributed by atoms with Crippen LogP contribution in [-0.2, 0) is 4.79 Å². The van der Waals surface area contributed by atoms with Crippen molar-refractivity contribution in [2.75, 3.05) is 7.05 Å². The van der Waals surface area contributed by atoms with E-state index < -0.39 is 12.2 Å². The SMILES string of the molecule is CNC(=O)c1[nH]c2ccc(C)nc2c1[C@H](C)CCC(=O)C(F)F. The van der Waals surface area contributed by atoms with Gasteiger partial charge in [-0.25, -0.2) is 8.78 Å². The largest absolute Gasteiger partial charge is 0.354 e. The van der Waals surface area contributed by atoms with Gasteiger partial charge in [0.05, 0.1) is 11.0 Å². The molecule has 1 atom stereocenters. The Kier molecular flexibility index (Phi) is 5.08. The van der Waals surface area contributed by atoms with Gasteiger partial charge in [-0.3, -0.25) is 14.6 Å². The number of aromatic nitrogens is 2. The monoisotopic (exact) mass is 323 g/mol. The van der Waals surface area contributed by atoms with E-state index in [0.717, 1.165) is 5.69 Å². The van der Waals surface area contributed by atoms with Crippen molar-refractivity contribution in [1.29, 1.82) is 0 Å². The summed E-state index contributed by atoms with van der Waals surface area (Å²) in [6.45, 7) is 3.64. The van der Waals surface area contributed by atoms with Gasteiger partial charge < -0.3 is 10.3 Å². The molecule has 2 N–H and O–H groups in total. The van der Waals surface area contributed by atoms with Gasteiger partial charge in [0.1, 0.15) is 5.69 Å². The molecule has 0 aromatic carbocycles. The first-order chi connectivity index (χ1) is 10.8. The molecule has 2 heterocycles. The number of hydrogen-bond donors (Lipinski definition) is 2. The zero-order valence-corrected chi connectivity index (χ0v) is 13.2. The number of pyridine rings is 1. The zero-order chi connectivity index (χ0) is 17.1. The van der Waals surface area contributed by atoms with Crippen molar-refractivity contribution in [3.8, 4) is 0 Å². The van der Waals surface area contributed by atoms with Gasteiger partial charge in [-0.1, -0.05) is 6.92 Å². The molecule has 5 nitrogen and oxygen atoms in total. The maximum atomic E-state index is 12.4. The maximum absolute atomic E-state index is 12.4. The van der Waals surface area contributed by atoms with E-state index in [1.807, 2.05) is 19.1 Å². The summed E-state index contributed by atoms with van der Waals surface area (Å²) in [6, 6.07) is 3.64. The van der Waals surface area contributed by atoms with Gasteiger partial charge in [-0.15, -0.1) is 0 Å². The first-order valence-electron chi connectivity index (χ1n) is 7.37. The molecule has 0 bridgehead atoms. The quantitative estimate of drug-likeness (QED) is 0.858. The zero-order valence-electron chi connectivity index (χ0n) is 13.2. The highest BCUT2D eigenvalue weighted by Crippen LogP contribution is 2.31. The fraction of sp³-hybridized carbons (Fsp3) is 0.438. The second-order valence-corrected chi connectivity index (χ2v) is 5.55. The number of aryl methyl sites for hydroxylation is 1. The van der Waals surface area contributed by atoms with Crippen LogP contribution < -0.4 is 5.32 Å². The van der Waals surface area contributed by atoms with Crippen molar-refractivity contribution in [3.63, 3.8) is 0 Å². The third-order valence-electron chi connectivity index (χ3n) is 3.83. The molecule has 0 unspecified atom stereocenters.